The number of nitrogens with one attached hydrogen (secondary N) is 1. The van der Waals surface area contributed by atoms with Crippen LogP contribution in [-0.2, 0) is 17.8 Å². The number of hydrogen-bond acceptors (Lipinski definition) is 3. The number of furan rings is 1. The second kappa shape index (κ2) is 5.92. The Balaban J connectivity index is 1.59. The molecular formula is C19H18N2O3. The van der Waals surface area contributed by atoms with Crippen molar-refractivity contribution < 1.29 is 13.9 Å². The van der Waals surface area contributed by atoms with Gasteiger partial charge < -0.3 is 19.0 Å². The molecule has 1 aliphatic rings. The molecule has 3 heterocycles. The fraction of sp³-hybridized carbons (Fsp3) is 0.211. The lowest BCUT2D eigenvalue weighted by atomic mass is 10.0. The third-order valence-electron chi connectivity index (χ3n) is 4.43. The Labute approximate surface area is 139 Å². The minimum absolute atomic E-state index is 0.00528. The van der Waals surface area contributed by atoms with E-state index in [9.17, 15) is 4.79 Å². The van der Waals surface area contributed by atoms with Gasteiger partial charge in [0.15, 0.2) is 0 Å². The molecule has 4 rings (SSSR count). The Morgan fingerprint density at radius 2 is 2.29 bits per heavy atom. The quantitative estimate of drug-likeness (QED) is 0.752. The number of aromatic amines is 1. The number of nitrogens with zero attached hydrogens (tertiary/aromatic N) is 1. The molecular weight excluding hydrogens is 304 g/mol. The van der Waals surface area contributed by atoms with Gasteiger partial charge in [-0.2, -0.15) is 0 Å². The minimum Gasteiger partial charge on any atom is -0.497 e. The Kier molecular flexibility index (Phi) is 3.61. The van der Waals surface area contributed by atoms with Crippen LogP contribution in [0.1, 0.15) is 17.0 Å². The van der Waals surface area contributed by atoms with Crippen molar-refractivity contribution in [3.63, 3.8) is 0 Å². The maximum Gasteiger partial charge on any atom is 0.247 e. The first kappa shape index (κ1) is 14.6. The lowest BCUT2D eigenvalue weighted by Crippen LogP contribution is -2.34. The van der Waals surface area contributed by atoms with Crippen LogP contribution in [0.4, 0.5) is 0 Å². The molecule has 0 fully saturated rings. The molecule has 0 atom stereocenters. The fourth-order valence-corrected chi connectivity index (χ4v) is 3.15. The molecule has 0 saturated heterocycles. The van der Waals surface area contributed by atoms with Gasteiger partial charge in [-0.05, 0) is 36.4 Å². The normalized spacial score (nSPS) is 14.3. The predicted molar refractivity (Wildman–Crippen MR) is 91.7 cm³/mol. The van der Waals surface area contributed by atoms with Gasteiger partial charge in [-0.15, -0.1) is 0 Å². The van der Waals surface area contributed by atoms with E-state index in [1.165, 1.54) is 11.3 Å². The molecule has 5 heteroatoms. The maximum absolute atomic E-state index is 12.4. The third-order valence-corrected chi connectivity index (χ3v) is 4.43. The van der Waals surface area contributed by atoms with Gasteiger partial charge in [0.2, 0.25) is 5.91 Å². The zero-order chi connectivity index (χ0) is 16.5. The number of methoxy groups -OCH3 is 1. The van der Waals surface area contributed by atoms with Crippen LogP contribution in [0.5, 0.6) is 5.75 Å². The molecule has 0 radical (unpaired) electrons. The largest absolute Gasteiger partial charge is 0.497 e. The van der Waals surface area contributed by atoms with Gasteiger partial charge in [0.05, 0.1) is 13.4 Å². The van der Waals surface area contributed by atoms with Crippen LogP contribution in [-0.4, -0.2) is 29.4 Å². The van der Waals surface area contributed by atoms with Crippen molar-refractivity contribution in [3.8, 4) is 5.75 Å². The summed E-state index contributed by atoms with van der Waals surface area (Å²) in [7, 11) is 1.66. The summed E-state index contributed by atoms with van der Waals surface area (Å²) in [5.41, 5.74) is 3.47. The number of benzene rings is 1. The smallest absolute Gasteiger partial charge is 0.247 e. The number of fused-ring (bicyclic) bond motifs is 3. The number of amides is 1. The van der Waals surface area contributed by atoms with E-state index in [4.69, 9.17) is 9.15 Å². The van der Waals surface area contributed by atoms with Crippen LogP contribution in [0.25, 0.3) is 17.0 Å². The molecule has 1 aromatic carbocycles. The van der Waals surface area contributed by atoms with E-state index in [1.807, 2.05) is 29.2 Å². The molecule has 0 aliphatic carbocycles. The minimum atomic E-state index is -0.00528. The fourth-order valence-electron chi connectivity index (χ4n) is 3.15. The maximum atomic E-state index is 12.4. The first-order valence-electron chi connectivity index (χ1n) is 7.92. The van der Waals surface area contributed by atoms with E-state index in [-0.39, 0.29) is 5.91 Å². The van der Waals surface area contributed by atoms with Crippen molar-refractivity contribution in [2.24, 2.45) is 0 Å². The standard InChI is InChI=1S/C19H18N2O3/c1-23-14-4-6-17-15(11-14)16-12-21(9-8-18(16)20-17)19(22)7-5-13-3-2-10-24-13/h2-7,10-11,20H,8-9,12H2,1H3. The van der Waals surface area contributed by atoms with Crippen LogP contribution in [0.2, 0.25) is 0 Å². The zero-order valence-electron chi connectivity index (χ0n) is 13.4. The number of aromatic nitrogens is 1. The molecule has 0 unspecified atom stereocenters. The topological polar surface area (TPSA) is 58.5 Å². The summed E-state index contributed by atoms with van der Waals surface area (Å²) in [6.07, 6.45) is 5.69. The average molecular weight is 322 g/mol. The average Bonchev–Trinajstić information content (AvgIpc) is 3.26. The van der Waals surface area contributed by atoms with Crippen LogP contribution in [0.3, 0.4) is 0 Å². The molecule has 2 aromatic heterocycles. The molecule has 5 nitrogen and oxygen atoms in total. The number of H-pyrrole nitrogens is 1. The number of hydrogen-bond donors (Lipinski definition) is 1. The highest BCUT2D eigenvalue weighted by Crippen LogP contribution is 2.30. The number of ether oxygens (including phenoxy) is 1. The number of rotatable bonds is 3. The van der Waals surface area contributed by atoms with Gasteiger partial charge in [-0.3, -0.25) is 4.79 Å². The van der Waals surface area contributed by atoms with Crippen LogP contribution in [0.15, 0.2) is 47.1 Å². The highest BCUT2D eigenvalue weighted by Gasteiger charge is 2.23. The lowest BCUT2D eigenvalue weighted by Gasteiger charge is -2.26. The third kappa shape index (κ3) is 2.58. The first-order valence-corrected chi connectivity index (χ1v) is 7.92. The first-order chi connectivity index (χ1) is 11.7. The molecule has 3 aromatic rings. The predicted octanol–water partition coefficient (Wildman–Crippen LogP) is 3.37. The summed E-state index contributed by atoms with van der Waals surface area (Å²) >= 11 is 0. The molecule has 1 amide bonds. The molecule has 1 N–H and O–H groups in total. The van der Waals surface area contributed by atoms with Gasteiger partial charge in [0.1, 0.15) is 11.5 Å². The van der Waals surface area contributed by atoms with Crippen molar-refractivity contribution in [3.05, 3.63) is 59.7 Å². The van der Waals surface area contributed by atoms with Crippen molar-refractivity contribution in [1.29, 1.82) is 0 Å². The molecule has 0 bridgehead atoms. The summed E-state index contributed by atoms with van der Waals surface area (Å²) in [5.74, 6) is 1.50. The Morgan fingerprint density at radius 1 is 1.38 bits per heavy atom. The summed E-state index contributed by atoms with van der Waals surface area (Å²) in [4.78, 5) is 17.8. The lowest BCUT2D eigenvalue weighted by molar-refractivity contribution is -0.126. The number of carbonyl (C=O) groups excluding carboxylic acids is 1. The van der Waals surface area contributed by atoms with Crippen LogP contribution >= 0.6 is 0 Å². The van der Waals surface area contributed by atoms with E-state index < -0.39 is 0 Å². The van der Waals surface area contributed by atoms with Crippen LogP contribution in [0, 0.1) is 0 Å². The van der Waals surface area contributed by atoms with Gasteiger partial charge >= 0.3 is 0 Å². The van der Waals surface area contributed by atoms with Crippen molar-refractivity contribution >= 4 is 22.9 Å². The summed E-state index contributed by atoms with van der Waals surface area (Å²) < 4.78 is 10.5. The molecule has 0 saturated carbocycles. The van der Waals surface area contributed by atoms with Gasteiger partial charge in [-0.25, -0.2) is 0 Å². The van der Waals surface area contributed by atoms with Crippen molar-refractivity contribution in [2.75, 3.05) is 13.7 Å². The second-order valence-electron chi connectivity index (χ2n) is 5.85. The Hall–Kier alpha value is -2.95. The van der Waals surface area contributed by atoms with E-state index in [0.717, 1.165) is 23.1 Å². The zero-order valence-corrected chi connectivity index (χ0v) is 13.4. The van der Waals surface area contributed by atoms with Crippen molar-refractivity contribution in [2.45, 2.75) is 13.0 Å². The highest BCUT2D eigenvalue weighted by atomic mass is 16.5. The summed E-state index contributed by atoms with van der Waals surface area (Å²) in [6, 6.07) is 9.62. The van der Waals surface area contributed by atoms with Crippen molar-refractivity contribution in [1.82, 2.24) is 9.88 Å². The van der Waals surface area contributed by atoms with E-state index in [1.54, 1.807) is 31.6 Å². The Morgan fingerprint density at radius 3 is 3.08 bits per heavy atom. The summed E-state index contributed by atoms with van der Waals surface area (Å²) in [5, 5.41) is 1.12. The summed E-state index contributed by atoms with van der Waals surface area (Å²) in [6.45, 7) is 1.31. The molecule has 1 aliphatic heterocycles. The van der Waals surface area contributed by atoms with E-state index in [0.29, 0.717) is 18.8 Å². The Bertz CT molecular complexity index is 906. The monoisotopic (exact) mass is 322 g/mol. The molecule has 122 valence electrons. The van der Waals surface area contributed by atoms with E-state index >= 15 is 0 Å². The number of carbonyl (C=O) groups is 1. The van der Waals surface area contributed by atoms with Gasteiger partial charge in [0.25, 0.3) is 0 Å². The molecule has 0 spiro atoms. The SMILES string of the molecule is COc1ccc2[nH]c3c(c2c1)CN(C(=O)C=Cc1ccco1)CC3. The molecule has 24 heavy (non-hydrogen) atoms. The van der Waals surface area contributed by atoms with Crippen LogP contribution < -0.4 is 4.74 Å². The van der Waals surface area contributed by atoms with Gasteiger partial charge in [0, 0.05) is 47.7 Å². The van der Waals surface area contributed by atoms with Gasteiger partial charge in [-0.1, -0.05) is 0 Å². The highest BCUT2D eigenvalue weighted by molar-refractivity contribution is 5.92. The van der Waals surface area contributed by atoms with E-state index in [2.05, 4.69) is 4.98 Å². The second-order valence-corrected chi connectivity index (χ2v) is 5.85.